The molecule has 0 aromatic heterocycles. The number of unbranched alkanes of at least 4 members (excludes halogenated alkanes) is 1. The Labute approximate surface area is 123 Å². The lowest BCUT2D eigenvalue weighted by Crippen LogP contribution is -2.41. The number of rotatable bonds is 3. The predicted octanol–water partition coefficient (Wildman–Crippen LogP) is 4.26. The van der Waals surface area contributed by atoms with E-state index in [1.807, 2.05) is 0 Å². The molecule has 2 aliphatic rings. The molecule has 0 N–H and O–H groups in total. The van der Waals surface area contributed by atoms with Gasteiger partial charge < -0.3 is 4.90 Å². The smallest absolute Gasteiger partial charge is 0.00156 e. The van der Waals surface area contributed by atoms with Crippen LogP contribution in [0.25, 0.3) is 0 Å². The van der Waals surface area contributed by atoms with Gasteiger partial charge >= 0.3 is 0 Å². The van der Waals surface area contributed by atoms with Gasteiger partial charge in [0.2, 0.25) is 0 Å². The first-order chi connectivity index (χ1) is 8.88. The SMILES string of the molecule is CCCCN1CC[C@@H]2c3ccccc3CC[C@H]2C1.Cl. The van der Waals surface area contributed by atoms with Crippen molar-refractivity contribution in [3.05, 3.63) is 35.4 Å². The number of nitrogens with zero attached hydrogens (tertiary/aromatic N) is 1. The number of aryl methyl sites for hydroxylation is 1. The summed E-state index contributed by atoms with van der Waals surface area (Å²) in [5.74, 6) is 1.78. The molecule has 1 aromatic rings. The maximum Gasteiger partial charge on any atom is 0.00156 e. The van der Waals surface area contributed by atoms with E-state index in [4.69, 9.17) is 0 Å². The maximum atomic E-state index is 2.71. The van der Waals surface area contributed by atoms with Gasteiger partial charge in [-0.2, -0.15) is 0 Å². The molecule has 1 nitrogen and oxygen atoms in total. The minimum absolute atomic E-state index is 0. The van der Waals surface area contributed by atoms with Crippen molar-refractivity contribution < 1.29 is 0 Å². The van der Waals surface area contributed by atoms with E-state index < -0.39 is 0 Å². The summed E-state index contributed by atoms with van der Waals surface area (Å²) in [7, 11) is 0. The zero-order valence-electron chi connectivity index (χ0n) is 12.0. The topological polar surface area (TPSA) is 3.24 Å². The van der Waals surface area contributed by atoms with Gasteiger partial charge in [-0.3, -0.25) is 0 Å². The molecule has 1 aliphatic carbocycles. The monoisotopic (exact) mass is 279 g/mol. The molecule has 0 amide bonds. The third-order valence-electron chi connectivity index (χ3n) is 4.89. The lowest BCUT2D eigenvalue weighted by molar-refractivity contribution is 0.139. The van der Waals surface area contributed by atoms with Crippen LogP contribution in [0.5, 0.6) is 0 Å². The number of piperidine rings is 1. The Morgan fingerprint density at radius 1 is 1.21 bits per heavy atom. The fourth-order valence-corrected chi connectivity index (χ4v) is 3.86. The molecular formula is C17H26ClN. The highest BCUT2D eigenvalue weighted by molar-refractivity contribution is 5.85. The molecule has 0 spiro atoms. The summed E-state index contributed by atoms with van der Waals surface area (Å²) >= 11 is 0. The molecule has 1 aromatic carbocycles. The lowest BCUT2D eigenvalue weighted by atomic mass is 9.71. The molecule has 0 radical (unpaired) electrons. The molecule has 1 heterocycles. The molecule has 3 rings (SSSR count). The molecule has 2 heteroatoms. The lowest BCUT2D eigenvalue weighted by Gasteiger charge is -2.42. The number of hydrogen-bond donors (Lipinski definition) is 0. The highest BCUT2D eigenvalue weighted by atomic mass is 35.5. The van der Waals surface area contributed by atoms with E-state index in [0.29, 0.717) is 0 Å². The predicted molar refractivity (Wildman–Crippen MR) is 84.2 cm³/mol. The molecule has 0 unspecified atom stereocenters. The Hall–Kier alpha value is -0.530. The van der Waals surface area contributed by atoms with Crippen molar-refractivity contribution in [2.45, 2.75) is 44.9 Å². The summed E-state index contributed by atoms with van der Waals surface area (Å²) in [6.07, 6.45) is 6.79. The molecule has 0 bridgehead atoms. The Kier molecular flexibility index (Phi) is 5.29. The fourth-order valence-electron chi connectivity index (χ4n) is 3.86. The van der Waals surface area contributed by atoms with Gasteiger partial charge in [-0.25, -0.2) is 0 Å². The van der Waals surface area contributed by atoms with E-state index in [9.17, 15) is 0 Å². The van der Waals surface area contributed by atoms with E-state index in [1.165, 1.54) is 51.7 Å². The standard InChI is InChI=1S/C17H25N.ClH/c1-2-3-11-18-12-10-17-15(13-18)9-8-14-6-4-5-7-16(14)17;/h4-7,15,17H,2-3,8-13H2,1H3;1H/t15-,17-;/m0./s1. The molecule has 1 aliphatic heterocycles. The minimum atomic E-state index is 0. The molecule has 2 atom stereocenters. The number of likely N-dealkylation sites (tertiary alicyclic amines) is 1. The van der Waals surface area contributed by atoms with E-state index in [2.05, 4.69) is 36.1 Å². The summed E-state index contributed by atoms with van der Waals surface area (Å²) < 4.78 is 0. The average Bonchev–Trinajstić information content (AvgIpc) is 2.44. The molecule has 1 fully saturated rings. The van der Waals surface area contributed by atoms with Crippen molar-refractivity contribution >= 4 is 12.4 Å². The van der Waals surface area contributed by atoms with E-state index in [1.54, 1.807) is 11.1 Å². The first-order valence-corrected chi connectivity index (χ1v) is 7.68. The highest BCUT2D eigenvalue weighted by Gasteiger charge is 2.33. The van der Waals surface area contributed by atoms with Crippen LogP contribution < -0.4 is 0 Å². The van der Waals surface area contributed by atoms with Gasteiger partial charge in [0.15, 0.2) is 0 Å². The summed E-state index contributed by atoms with van der Waals surface area (Å²) in [5, 5.41) is 0. The molecule has 106 valence electrons. The van der Waals surface area contributed by atoms with Crippen LogP contribution in [0.15, 0.2) is 24.3 Å². The van der Waals surface area contributed by atoms with E-state index >= 15 is 0 Å². The average molecular weight is 280 g/mol. The zero-order valence-corrected chi connectivity index (χ0v) is 12.8. The van der Waals surface area contributed by atoms with E-state index in [-0.39, 0.29) is 12.4 Å². The largest absolute Gasteiger partial charge is 0.303 e. The second-order valence-electron chi connectivity index (χ2n) is 6.05. The van der Waals surface area contributed by atoms with Gasteiger partial charge in [0, 0.05) is 6.54 Å². The van der Waals surface area contributed by atoms with Crippen LogP contribution in [-0.2, 0) is 6.42 Å². The highest BCUT2D eigenvalue weighted by Crippen LogP contribution is 2.41. The Balaban J connectivity index is 0.00000133. The third-order valence-corrected chi connectivity index (χ3v) is 4.89. The van der Waals surface area contributed by atoms with Crippen molar-refractivity contribution in [3.8, 4) is 0 Å². The summed E-state index contributed by atoms with van der Waals surface area (Å²) in [5.41, 5.74) is 3.30. The van der Waals surface area contributed by atoms with Gasteiger partial charge in [-0.15, -0.1) is 12.4 Å². The van der Waals surface area contributed by atoms with E-state index in [0.717, 1.165) is 11.8 Å². The molecule has 19 heavy (non-hydrogen) atoms. The quantitative estimate of drug-likeness (QED) is 0.799. The summed E-state index contributed by atoms with van der Waals surface area (Å²) in [6, 6.07) is 9.16. The minimum Gasteiger partial charge on any atom is -0.303 e. The van der Waals surface area contributed by atoms with Crippen LogP contribution >= 0.6 is 12.4 Å². The summed E-state index contributed by atoms with van der Waals surface area (Å²) in [6.45, 7) is 6.28. The van der Waals surface area contributed by atoms with Crippen LogP contribution in [0.2, 0.25) is 0 Å². The van der Waals surface area contributed by atoms with Crippen LogP contribution in [0, 0.1) is 5.92 Å². The number of fused-ring (bicyclic) bond motifs is 3. The maximum absolute atomic E-state index is 2.71. The van der Waals surface area contributed by atoms with Gasteiger partial charge in [-0.05, 0) is 61.7 Å². The van der Waals surface area contributed by atoms with Gasteiger partial charge in [-0.1, -0.05) is 37.6 Å². The first-order valence-electron chi connectivity index (χ1n) is 7.68. The molecule has 1 saturated heterocycles. The van der Waals surface area contributed by atoms with Crippen LogP contribution in [0.1, 0.15) is 49.7 Å². The number of halogens is 1. The van der Waals surface area contributed by atoms with Crippen LogP contribution in [0.4, 0.5) is 0 Å². The second-order valence-corrected chi connectivity index (χ2v) is 6.05. The Bertz CT molecular complexity index is 404. The van der Waals surface area contributed by atoms with Crippen molar-refractivity contribution in [2.24, 2.45) is 5.92 Å². The van der Waals surface area contributed by atoms with Crippen molar-refractivity contribution in [2.75, 3.05) is 19.6 Å². The summed E-state index contributed by atoms with van der Waals surface area (Å²) in [4.78, 5) is 2.71. The third kappa shape index (κ3) is 3.14. The van der Waals surface area contributed by atoms with Gasteiger partial charge in [0.25, 0.3) is 0 Å². The van der Waals surface area contributed by atoms with Gasteiger partial charge in [0.1, 0.15) is 0 Å². The van der Waals surface area contributed by atoms with Crippen molar-refractivity contribution in [1.29, 1.82) is 0 Å². The fraction of sp³-hybridized carbons (Fsp3) is 0.647. The second kappa shape index (κ2) is 6.76. The van der Waals surface area contributed by atoms with Crippen molar-refractivity contribution in [1.82, 2.24) is 4.90 Å². The molecule has 0 saturated carbocycles. The zero-order chi connectivity index (χ0) is 12.4. The normalized spacial score (nSPS) is 26.2. The number of hydrogen-bond acceptors (Lipinski definition) is 1. The molecular weight excluding hydrogens is 254 g/mol. The first kappa shape index (κ1) is 14.9. The van der Waals surface area contributed by atoms with Crippen molar-refractivity contribution in [3.63, 3.8) is 0 Å². The van der Waals surface area contributed by atoms with Gasteiger partial charge in [0.05, 0.1) is 0 Å². The van der Waals surface area contributed by atoms with Crippen LogP contribution in [0.3, 0.4) is 0 Å². The Morgan fingerprint density at radius 2 is 2.05 bits per heavy atom. The Morgan fingerprint density at radius 3 is 2.89 bits per heavy atom. The number of benzene rings is 1. The van der Waals surface area contributed by atoms with Crippen LogP contribution in [-0.4, -0.2) is 24.5 Å².